The molecular formula is C11H14BrNOS. The first kappa shape index (κ1) is 12.7. The van der Waals surface area contributed by atoms with Crippen LogP contribution in [0, 0.1) is 0 Å². The van der Waals surface area contributed by atoms with Gasteiger partial charge in [0, 0.05) is 4.47 Å². The van der Waals surface area contributed by atoms with Crippen molar-refractivity contribution in [1.29, 1.82) is 0 Å². The summed E-state index contributed by atoms with van der Waals surface area (Å²) in [6, 6.07) is 7.71. The Balaban J connectivity index is 2.70. The third-order valence-electron chi connectivity index (χ3n) is 1.69. The molecule has 0 aliphatic carbocycles. The number of hydrogen-bond acceptors (Lipinski definition) is 2. The lowest BCUT2D eigenvalue weighted by Gasteiger charge is -2.17. The zero-order valence-electron chi connectivity index (χ0n) is 9.03. The highest BCUT2D eigenvalue weighted by molar-refractivity contribution is 9.10. The molecule has 0 heterocycles. The number of nitrogens with zero attached hydrogens (tertiary/aromatic N) is 1. The van der Waals surface area contributed by atoms with E-state index >= 15 is 0 Å². The average molecular weight is 288 g/mol. The van der Waals surface area contributed by atoms with Crippen molar-refractivity contribution in [3.05, 3.63) is 34.3 Å². The van der Waals surface area contributed by atoms with Crippen LogP contribution in [-0.4, -0.2) is 15.5 Å². The molecule has 0 radical (unpaired) electrons. The monoisotopic (exact) mass is 287 g/mol. The van der Waals surface area contributed by atoms with Gasteiger partial charge >= 0.3 is 0 Å². The molecule has 0 N–H and O–H groups in total. The lowest BCUT2D eigenvalue weighted by molar-refractivity contribution is 0.562. The fraction of sp³-hybridized carbons (Fsp3) is 0.364. The molecule has 1 unspecified atom stereocenters. The Hall–Kier alpha value is -0.320. The molecule has 1 aromatic rings. The molecule has 0 amide bonds. The van der Waals surface area contributed by atoms with E-state index < -0.39 is 11.4 Å². The number of halogens is 1. The first-order valence-electron chi connectivity index (χ1n) is 4.61. The Morgan fingerprint density at radius 1 is 1.27 bits per heavy atom. The van der Waals surface area contributed by atoms with Crippen LogP contribution in [0.5, 0.6) is 0 Å². The first-order valence-corrected chi connectivity index (χ1v) is 6.51. The summed E-state index contributed by atoms with van der Waals surface area (Å²) in [5, 5.41) is 0. The van der Waals surface area contributed by atoms with Crippen LogP contribution in [0.3, 0.4) is 0 Å². The van der Waals surface area contributed by atoms with E-state index in [9.17, 15) is 4.55 Å². The van der Waals surface area contributed by atoms with Crippen molar-refractivity contribution in [3.8, 4) is 0 Å². The molecule has 0 saturated carbocycles. The van der Waals surface area contributed by atoms with Gasteiger partial charge in [-0.25, -0.2) is 0 Å². The molecule has 0 aliphatic rings. The van der Waals surface area contributed by atoms with Crippen molar-refractivity contribution in [2.75, 3.05) is 0 Å². The van der Waals surface area contributed by atoms with Crippen molar-refractivity contribution < 1.29 is 4.55 Å². The Morgan fingerprint density at radius 2 is 1.80 bits per heavy atom. The Morgan fingerprint density at radius 3 is 2.27 bits per heavy atom. The van der Waals surface area contributed by atoms with E-state index in [2.05, 4.69) is 20.3 Å². The lowest BCUT2D eigenvalue weighted by Crippen LogP contribution is -2.25. The number of rotatable bonds is 2. The Kier molecular flexibility index (Phi) is 4.37. The van der Waals surface area contributed by atoms with Gasteiger partial charge in [0.15, 0.2) is 0 Å². The molecule has 15 heavy (non-hydrogen) atoms. The van der Waals surface area contributed by atoms with Crippen LogP contribution >= 0.6 is 15.9 Å². The molecule has 1 atom stereocenters. The van der Waals surface area contributed by atoms with E-state index in [0.29, 0.717) is 0 Å². The zero-order valence-corrected chi connectivity index (χ0v) is 11.4. The van der Waals surface area contributed by atoms with E-state index in [4.69, 9.17) is 0 Å². The fourth-order valence-corrected chi connectivity index (χ4v) is 1.61. The van der Waals surface area contributed by atoms with Gasteiger partial charge in [0.2, 0.25) is 0 Å². The van der Waals surface area contributed by atoms with Crippen molar-refractivity contribution in [2.24, 2.45) is 4.40 Å². The highest BCUT2D eigenvalue weighted by Crippen LogP contribution is 2.17. The summed E-state index contributed by atoms with van der Waals surface area (Å²) >= 11 is 2.17. The molecule has 1 rings (SSSR count). The summed E-state index contributed by atoms with van der Waals surface area (Å²) in [7, 11) is 0. The molecule has 0 fully saturated rings. The van der Waals surface area contributed by atoms with Crippen molar-refractivity contribution >= 4 is 33.5 Å². The molecule has 0 saturated heterocycles. The van der Waals surface area contributed by atoms with E-state index in [-0.39, 0.29) is 4.75 Å². The quantitative estimate of drug-likeness (QED) is 0.607. The van der Waals surface area contributed by atoms with Crippen LogP contribution in [0.25, 0.3) is 0 Å². The van der Waals surface area contributed by atoms with E-state index in [1.165, 1.54) is 0 Å². The molecule has 2 nitrogen and oxygen atoms in total. The summed E-state index contributed by atoms with van der Waals surface area (Å²) in [4.78, 5) is 0. The molecule has 0 bridgehead atoms. The van der Waals surface area contributed by atoms with Crippen LogP contribution in [-0.2, 0) is 11.4 Å². The van der Waals surface area contributed by atoms with Crippen LogP contribution in [0.1, 0.15) is 26.3 Å². The van der Waals surface area contributed by atoms with Crippen LogP contribution < -0.4 is 0 Å². The Bertz CT molecular complexity index is 343. The van der Waals surface area contributed by atoms with Gasteiger partial charge in [-0.1, -0.05) is 32.5 Å². The topological polar surface area (TPSA) is 35.4 Å². The second kappa shape index (κ2) is 5.14. The minimum absolute atomic E-state index is 0.300. The lowest BCUT2D eigenvalue weighted by atomic mass is 10.2. The minimum atomic E-state index is -1.19. The summed E-state index contributed by atoms with van der Waals surface area (Å²) in [6.45, 7) is 5.71. The van der Waals surface area contributed by atoms with Crippen molar-refractivity contribution in [2.45, 2.75) is 25.5 Å². The van der Waals surface area contributed by atoms with Gasteiger partial charge in [-0.15, -0.1) is 0 Å². The normalized spacial score (nSPS) is 14.5. The van der Waals surface area contributed by atoms with Gasteiger partial charge < -0.3 is 4.55 Å². The van der Waals surface area contributed by atoms with Crippen LogP contribution in [0.2, 0.25) is 0 Å². The fourth-order valence-electron chi connectivity index (χ4n) is 0.816. The smallest absolute Gasteiger partial charge is 0.144 e. The van der Waals surface area contributed by atoms with Gasteiger partial charge in [0.25, 0.3) is 0 Å². The highest BCUT2D eigenvalue weighted by atomic mass is 79.9. The standard InChI is InChI=1S/C11H14BrNOS/c1-11(2,3)15(14)13-8-9-4-6-10(12)7-5-9/h4-8H,1-3H3/b13-8-. The molecular weight excluding hydrogens is 274 g/mol. The van der Waals surface area contributed by atoms with Crippen molar-refractivity contribution in [3.63, 3.8) is 0 Å². The average Bonchev–Trinajstić information content (AvgIpc) is 2.15. The van der Waals surface area contributed by atoms with E-state index in [0.717, 1.165) is 10.0 Å². The summed E-state index contributed by atoms with van der Waals surface area (Å²) < 4.78 is 16.4. The van der Waals surface area contributed by atoms with E-state index in [1.54, 1.807) is 6.21 Å². The van der Waals surface area contributed by atoms with Gasteiger partial charge in [0.1, 0.15) is 16.1 Å². The van der Waals surface area contributed by atoms with Gasteiger partial charge in [-0.3, -0.25) is 0 Å². The van der Waals surface area contributed by atoms with Gasteiger partial charge in [-0.05, 0) is 38.5 Å². The number of hydrogen-bond donors (Lipinski definition) is 0. The largest absolute Gasteiger partial charge is 0.591 e. The van der Waals surface area contributed by atoms with Crippen LogP contribution in [0.4, 0.5) is 0 Å². The van der Waals surface area contributed by atoms with Crippen molar-refractivity contribution in [1.82, 2.24) is 0 Å². The predicted molar refractivity (Wildman–Crippen MR) is 69.6 cm³/mol. The molecule has 82 valence electrons. The third kappa shape index (κ3) is 4.36. The third-order valence-corrected chi connectivity index (χ3v) is 3.56. The second-order valence-corrected chi connectivity index (χ2v) is 7.00. The highest BCUT2D eigenvalue weighted by Gasteiger charge is 2.25. The maximum atomic E-state index is 11.6. The molecule has 1 aromatic carbocycles. The van der Waals surface area contributed by atoms with Gasteiger partial charge in [-0.2, -0.15) is 0 Å². The molecule has 0 aliphatic heterocycles. The maximum Gasteiger partial charge on any atom is 0.144 e. The SMILES string of the molecule is CC(C)(C)[S+]([O-])/N=C\c1ccc(Br)cc1. The summed E-state index contributed by atoms with van der Waals surface area (Å²) in [5.41, 5.74) is 0.954. The second-order valence-electron chi connectivity index (χ2n) is 4.15. The predicted octanol–water partition coefficient (Wildman–Crippen LogP) is 3.33. The minimum Gasteiger partial charge on any atom is -0.591 e. The maximum absolute atomic E-state index is 11.6. The zero-order chi connectivity index (χ0) is 11.5. The first-order chi connectivity index (χ1) is 6.89. The summed E-state index contributed by atoms with van der Waals surface area (Å²) in [5.74, 6) is 0. The van der Waals surface area contributed by atoms with Gasteiger partial charge in [0.05, 0.1) is 6.21 Å². The Labute approximate surface area is 102 Å². The molecule has 4 heteroatoms. The molecule has 0 spiro atoms. The van der Waals surface area contributed by atoms with Crippen LogP contribution in [0.15, 0.2) is 33.1 Å². The molecule has 0 aromatic heterocycles. The summed E-state index contributed by atoms with van der Waals surface area (Å²) in [6.07, 6.45) is 1.65. The number of benzene rings is 1. The van der Waals surface area contributed by atoms with E-state index in [1.807, 2.05) is 45.0 Å².